The van der Waals surface area contributed by atoms with Gasteiger partial charge in [0.15, 0.2) is 0 Å². The first-order chi connectivity index (χ1) is 15.9. The number of benzene rings is 2. The van der Waals surface area contributed by atoms with Gasteiger partial charge in [0.1, 0.15) is 12.6 Å². The number of sulfonamides is 1. The Labute approximate surface area is 204 Å². The number of amides is 2. The minimum atomic E-state index is -3.74. The quantitative estimate of drug-likeness (QED) is 0.527. The van der Waals surface area contributed by atoms with Gasteiger partial charge in [-0.2, -0.15) is 0 Å². The molecule has 8 heteroatoms. The molecule has 0 unspecified atom stereocenters. The number of nitrogens with one attached hydrogen (secondary N) is 1. The Bertz CT molecular complexity index is 1080. The molecule has 0 saturated carbocycles. The highest BCUT2D eigenvalue weighted by Crippen LogP contribution is 2.25. The lowest BCUT2D eigenvalue weighted by Crippen LogP contribution is -2.52. The number of nitrogens with zero attached hydrogens (tertiary/aromatic N) is 2. The second-order valence-corrected chi connectivity index (χ2v) is 11.0. The summed E-state index contributed by atoms with van der Waals surface area (Å²) < 4.78 is 26.5. The lowest BCUT2D eigenvalue weighted by molar-refractivity contribution is -0.138. The molecule has 0 saturated heterocycles. The number of hydrogen-bond acceptors (Lipinski definition) is 4. The lowest BCUT2D eigenvalue weighted by atomic mass is 10.1. The van der Waals surface area contributed by atoms with E-state index >= 15 is 0 Å². The van der Waals surface area contributed by atoms with Gasteiger partial charge in [0, 0.05) is 13.1 Å². The number of rotatable bonds is 11. The van der Waals surface area contributed by atoms with Crippen molar-refractivity contribution >= 4 is 27.5 Å². The molecule has 0 aliphatic heterocycles. The van der Waals surface area contributed by atoms with Gasteiger partial charge in [-0.15, -0.1) is 0 Å². The molecular weight excluding hydrogens is 450 g/mol. The molecule has 2 aromatic carbocycles. The zero-order valence-corrected chi connectivity index (χ0v) is 21.9. The monoisotopic (exact) mass is 487 g/mol. The Kier molecular flexibility index (Phi) is 9.67. The fraction of sp³-hybridized carbons (Fsp3) is 0.462. The molecule has 2 amide bonds. The van der Waals surface area contributed by atoms with Crippen molar-refractivity contribution in [1.82, 2.24) is 10.2 Å². The number of aryl methyl sites for hydroxylation is 1. The summed E-state index contributed by atoms with van der Waals surface area (Å²) in [6, 6.07) is 14.3. The highest BCUT2D eigenvalue weighted by atomic mass is 32.2. The second kappa shape index (κ2) is 12.0. The van der Waals surface area contributed by atoms with Crippen LogP contribution in [0.5, 0.6) is 0 Å². The fourth-order valence-corrected chi connectivity index (χ4v) is 4.52. The highest BCUT2D eigenvalue weighted by molar-refractivity contribution is 7.92. The van der Waals surface area contributed by atoms with Crippen LogP contribution in [0.2, 0.25) is 0 Å². The fourth-order valence-electron chi connectivity index (χ4n) is 3.62. The molecule has 7 nitrogen and oxygen atoms in total. The van der Waals surface area contributed by atoms with Crippen molar-refractivity contribution in [3.05, 3.63) is 65.2 Å². The van der Waals surface area contributed by atoms with Crippen molar-refractivity contribution in [3.63, 3.8) is 0 Å². The van der Waals surface area contributed by atoms with E-state index in [-0.39, 0.29) is 18.4 Å². The summed E-state index contributed by atoms with van der Waals surface area (Å²) >= 11 is 0. The second-order valence-electron chi connectivity index (χ2n) is 9.13. The smallest absolute Gasteiger partial charge is 0.244 e. The molecule has 0 heterocycles. The van der Waals surface area contributed by atoms with E-state index in [9.17, 15) is 18.0 Å². The molecule has 0 spiro atoms. The van der Waals surface area contributed by atoms with Crippen LogP contribution in [0.15, 0.2) is 48.5 Å². The number of hydrogen-bond donors (Lipinski definition) is 1. The summed E-state index contributed by atoms with van der Waals surface area (Å²) in [4.78, 5) is 27.8. The molecule has 2 aromatic rings. The van der Waals surface area contributed by atoms with Crippen molar-refractivity contribution < 1.29 is 18.0 Å². The molecule has 1 atom stereocenters. The number of anilines is 1. The molecule has 0 aliphatic rings. The average Bonchev–Trinajstić information content (AvgIpc) is 2.77. The van der Waals surface area contributed by atoms with Gasteiger partial charge in [-0.3, -0.25) is 13.9 Å². The molecule has 0 radical (unpaired) electrons. The minimum Gasteiger partial charge on any atom is -0.354 e. The van der Waals surface area contributed by atoms with Crippen LogP contribution >= 0.6 is 0 Å². The Morgan fingerprint density at radius 2 is 1.62 bits per heavy atom. The zero-order valence-electron chi connectivity index (χ0n) is 21.0. The van der Waals surface area contributed by atoms with Crippen molar-refractivity contribution in [2.75, 3.05) is 30.2 Å². The molecule has 1 N–H and O–H groups in total. The summed E-state index contributed by atoms with van der Waals surface area (Å²) in [5.74, 6) is -0.406. The SMILES string of the molecule is Cc1cccc(N(CC(=O)N(CCc2ccccc2)[C@H](C)C(=O)NCC(C)C)S(C)(=O)=O)c1C. The van der Waals surface area contributed by atoms with E-state index in [2.05, 4.69) is 5.32 Å². The molecule has 0 bridgehead atoms. The first kappa shape index (κ1) is 27.4. The van der Waals surface area contributed by atoms with Crippen LogP contribution in [0.3, 0.4) is 0 Å². The molecule has 2 rings (SSSR count). The minimum absolute atomic E-state index is 0.257. The van der Waals surface area contributed by atoms with Gasteiger partial charge in [-0.1, -0.05) is 56.3 Å². The van der Waals surface area contributed by atoms with Crippen LogP contribution in [0.1, 0.15) is 37.5 Å². The van der Waals surface area contributed by atoms with E-state index in [0.717, 1.165) is 27.3 Å². The Morgan fingerprint density at radius 1 is 0.971 bits per heavy atom. The van der Waals surface area contributed by atoms with Crippen LogP contribution in [0.4, 0.5) is 5.69 Å². The van der Waals surface area contributed by atoms with Crippen LogP contribution in [-0.4, -0.2) is 57.1 Å². The maximum atomic E-state index is 13.5. The van der Waals surface area contributed by atoms with Crippen molar-refractivity contribution in [1.29, 1.82) is 0 Å². The largest absolute Gasteiger partial charge is 0.354 e. The van der Waals surface area contributed by atoms with Crippen molar-refractivity contribution in [2.45, 2.75) is 47.1 Å². The van der Waals surface area contributed by atoms with Crippen LogP contribution in [-0.2, 0) is 26.0 Å². The first-order valence-electron chi connectivity index (χ1n) is 11.6. The topological polar surface area (TPSA) is 86.8 Å². The third kappa shape index (κ3) is 7.58. The van der Waals surface area contributed by atoms with Gasteiger partial charge in [-0.25, -0.2) is 8.42 Å². The van der Waals surface area contributed by atoms with Gasteiger partial charge in [-0.05, 0) is 55.9 Å². The van der Waals surface area contributed by atoms with E-state index in [4.69, 9.17) is 0 Å². The van der Waals surface area contributed by atoms with E-state index in [0.29, 0.717) is 25.2 Å². The predicted octanol–water partition coefficient (Wildman–Crippen LogP) is 3.30. The molecule has 186 valence electrons. The van der Waals surface area contributed by atoms with E-state index in [1.54, 1.807) is 19.1 Å². The van der Waals surface area contributed by atoms with Crippen LogP contribution in [0.25, 0.3) is 0 Å². The standard InChI is InChI=1S/C26H37N3O4S/c1-19(2)17-27-26(31)22(5)28(16-15-23-12-8-7-9-13-23)25(30)18-29(34(6,32)33)24-14-10-11-20(3)21(24)4/h7-14,19,22H,15-18H2,1-6H3,(H,27,31)/t22-/m1/s1. The van der Waals surface area contributed by atoms with E-state index in [1.165, 1.54) is 4.90 Å². The van der Waals surface area contributed by atoms with Gasteiger partial charge >= 0.3 is 0 Å². The van der Waals surface area contributed by atoms with E-state index < -0.39 is 22.0 Å². The van der Waals surface area contributed by atoms with Crippen molar-refractivity contribution in [2.24, 2.45) is 5.92 Å². The van der Waals surface area contributed by atoms with Gasteiger partial charge < -0.3 is 10.2 Å². The Morgan fingerprint density at radius 3 is 2.21 bits per heavy atom. The maximum absolute atomic E-state index is 13.5. The zero-order chi connectivity index (χ0) is 25.5. The summed E-state index contributed by atoms with van der Waals surface area (Å²) in [5, 5.41) is 2.88. The molecule has 0 aromatic heterocycles. The predicted molar refractivity (Wildman–Crippen MR) is 137 cm³/mol. The Hall–Kier alpha value is -2.87. The maximum Gasteiger partial charge on any atom is 0.244 e. The Balaban J connectivity index is 2.33. The summed E-state index contributed by atoms with van der Waals surface area (Å²) in [6.07, 6.45) is 1.64. The van der Waals surface area contributed by atoms with Crippen LogP contribution < -0.4 is 9.62 Å². The van der Waals surface area contributed by atoms with Gasteiger partial charge in [0.05, 0.1) is 11.9 Å². The summed E-state index contributed by atoms with van der Waals surface area (Å²) in [7, 11) is -3.74. The van der Waals surface area contributed by atoms with Gasteiger partial charge in [0.25, 0.3) is 0 Å². The molecule has 34 heavy (non-hydrogen) atoms. The molecular formula is C26H37N3O4S. The lowest BCUT2D eigenvalue weighted by Gasteiger charge is -2.32. The van der Waals surface area contributed by atoms with E-state index in [1.807, 2.05) is 64.1 Å². The highest BCUT2D eigenvalue weighted by Gasteiger charge is 2.30. The third-order valence-corrected chi connectivity index (χ3v) is 6.99. The third-order valence-electron chi connectivity index (χ3n) is 5.86. The average molecular weight is 488 g/mol. The normalized spacial score (nSPS) is 12.3. The van der Waals surface area contributed by atoms with Crippen molar-refractivity contribution in [3.8, 4) is 0 Å². The summed E-state index contributed by atoms with van der Waals surface area (Å²) in [6.45, 7) is 9.83. The molecule has 0 fully saturated rings. The first-order valence-corrected chi connectivity index (χ1v) is 13.4. The van der Waals surface area contributed by atoms with Gasteiger partial charge in [0.2, 0.25) is 21.8 Å². The number of carbonyl (C=O) groups excluding carboxylic acids is 2. The van der Waals surface area contributed by atoms with Crippen LogP contribution in [0, 0.1) is 19.8 Å². The number of carbonyl (C=O) groups is 2. The molecule has 0 aliphatic carbocycles. The summed E-state index contributed by atoms with van der Waals surface area (Å²) in [5.41, 5.74) is 3.22.